The number of amides is 2. The van der Waals surface area contributed by atoms with E-state index in [2.05, 4.69) is 5.32 Å². The van der Waals surface area contributed by atoms with Gasteiger partial charge in [-0.15, -0.1) is 0 Å². The second-order valence-corrected chi connectivity index (χ2v) is 6.94. The predicted octanol–water partition coefficient (Wildman–Crippen LogP) is 4.85. The van der Waals surface area contributed by atoms with Gasteiger partial charge in [0.25, 0.3) is 0 Å². The molecule has 1 atom stereocenters. The fourth-order valence-corrected chi connectivity index (χ4v) is 3.63. The molecule has 4 nitrogen and oxygen atoms in total. The van der Waals surface area contributed by atoms with Crippen LogP contribution in [-0.2, 0) is 15.8 Å². The van der Waals surface area contributed by atoms with Crippen LogP contribution in [-0.4, -0.2) is 18.4 Å². The molecule has 29 heavy (non-hydrogen) atoms. The van der Waals surface area contributed by atoms with Gasteiger partial charge in [0, 0.05) is 18.4 Å². The number of hydrogen-bond acceptors (Lipinski definition) is 2. The largest absolute Gasteiger partial charge is 0.418 e. The number of para-hydroxylation sites is 1. The van der Waals surface area contributed by atoms with Crippen LogP contribution in [0.15, 0.2) is 66.7 Å². The molecule has 1 saturated heterocycles. The van der Waals surface area contributed by atoms with Crippen LogP contribution in [0.1, 0.15) is 12.0 Å². The van der Waals surface area contributed by atoms with Crippen LogP contribution in [0.5, 0.6) is 0 Å². The molecule has 0 aromatic heterocycles. The Morgan fingerprint density at radius 3 is 2.45 bits per heavy atom. The summed E-state index contributed by atoms with van der Waals surface area (Å²) >= 11 is 0. The summed E-state index contributed by atoms with van der Waals surface area (Å²) in [6.45, 7) is 0.118. The van der Waals surface area contributed by atoms with Gasteiger partial charge in [0.05, 0.1) is 22.9 Å². The van der Waals surface area contributed by atoms with E-state index in [1.807, 2.05) is 36.4 Å². The molecule has 0 aliphatic carbocycles. The van der Waals surface area contributed by atoms with Crippen LogP contribution in [0, 0.1) is 5.92 Å². The van der Waals surface area contributed by atoms with E-state index in [-0.39, 0.29) is 24.6 Å². The highest BCUT2D eigenvalue weighted by molar-refractivity contribution is 6.08. The second-order valence-electron chi connectivity index (χ2n) is 6.94. The Kier molecular flexibility index (Phi) is 4.74. The zero-order valence-corrected chi connectivity index (χ0v) is 15.2. The molecule has 0 radical (unpaired) electrons. The van der Waals surface area contributed by atoms with Crippen LogP contribution >= 0.6 is 0 Å². The lowest BCUT2D eigenvalue weighted by atomic mass is 10.1. The number of carbonyl (C=O) groups excluding carboxylic acids is 2. The number of carbonyl (C=O) groups is 2. The van der Waals surface area contributed by atoms with Crippen molar-refractivity contribution in [3.05, 3.63) is 72.3 Å². The Morgan fingerprint density at radius 1 is 0.966 bits per heavy atom. The summed E-state index contributed by atoms with van der Waals surface area (Å²) in [5.74, 6) is -1.56. The maximum atomic E-state index is 13.2. The lowest BCUT2D eigenvalue weighted by Crippen LogP contribution is -2.28. The molecule has 1 aliphatic rings. The summed E-state index contributed by atoms with van der Waals surface area (Å²) in [5, 5.41) is 4.20. The fraction of sp³-hybridized carbons (Fsp3) is 0.182. The van der Waals surface area contributed by atoms with Crippen molar-refractivity contribution >= 4 is 34.0 Å². The summed E-state index contributed by atoms with van der Waals surface area (Å²) in [7, 11) is 0. The van der Waals surface area contributed by atoms with E-state index in [0.717, 1.165) is 16.8 Å². The smallest absolute Gasteiger partial charge is 0.325 e. The number of nitrogens with one attached hydrogen (secondary N) is 1. The van der Waals surface area contributed by atoms with E-state index >= 15 is 0 Å². The molecule has 0 saturated carbocycles. The van der Waals surface area contributed by atoms with Gasteiger partial charge in [0.1, 0.15) is 0 Å². The predicted molar refractivity (Wildman–Crippen MR) is 104 cm³/mol. The molecule has 7 heteroatoms. The molecule has 1 heterocycles. The molecule has 1 fully saturated rings. The summed E-state index contributed by atoms with van der Waals surface area (Å²) in [6.07, 6.45) is -4.63. The number of rotatable bonds is 3. The number of nitrogens with zero attached hydrogens (tertiary/aromatic N) is 1. The Labute approximate surface area is 164 Å². The normalized spacial score (nSPS) is 17.0. The third-order valence-corrected chi connectivity index (χ3v) is 5.04. The summed E-state index contributed by atoms with van der Waals surface area (Å²) in [5.41, 5.74) is -0.524. The molecular formula is C22H17F3N2O2. The number of anilines is 2. The number of halogens is 3. The highest BCUT2D eigenvalue weighted by atomic mass is 19.4. The second kappa shape index (κ2) is 7.24. The van der Waals surface area contributed by atoms with Crippen molar-refractivity contribution in [3.8, 4) is 0 Å². The van der Waals surface area contributed by atoms with Crippen molar-refractivity contribution in [1.29, 1.82) is 0 Å². The number of alkyl halides is 3. The summed E-state index contributed by atoms with van der Waals surface area (Å²) in [4.78, 5) is 26.7. The van der Waals surface area contributed by atoms with E-state index in [0.29, 0.717) is 5.69 Å². The first kappa shape index (κ1) is 19.0. The first-order valence-electron chi connectivity index (χ1n) is 9.10. The molecule has 0 spiro atoms. The van der Waals surface area contributed by atoms with Crippen molar-refractivity contribution < 1.29 is 22.8 Å². The first-order valence-corrected chi connectivity index (χ1v) is 9.10. The van der Waals surface area contributed by atoms with Gasteiger partial charge >= 0.3 is 6.18 Å². The van der Waals surface area contributed by atoms with E-state index in [9.17, 15) is 22.8 Å². The zero-order chi connectivity index (χ0) is 20.6. The molecule has 2 amide bonds. The van der Waals surface area contributed by atoms with Crippen LogP contribution in [0.4, 0.5) is 24.5 Å². The lowest BCUT2D eigenvalue weighted by Gasteiger charge is -2.19. The number of hydrogen-bond donors (Lipinski definition) is 1. The molecule has 0 unspecified atom stereocenters. The van der Waals surface area contributed by atoms with Crippen molar-refractivity contribution in [2.45, 2.75) is 12.6 Å². The first-order chi connectivity index (χ1) is 13.8. The topological polar surface area (TPSA) is 49.4 Å². The Morgan fingerprint density at radius 2 is 1.66 bits per heavy atom. The van der Waals surface area contributed by atoms with Gasteiger partial charge in [-0.1, -0.05) is 48.5 Å². The van der Waals surface area contributed by atoms with Crippen molar-refractivity contribution in [2.75, 3.05) is 16.8 Å². The highest BCUT2D eigenvalue weighted by Crippen LogP contribution is 2.36. The minimum Gasteiger partial charge on any atom is -0.325 e. The Bertz CT molecular complexity index is 1090. The SMILES string of the molecule is O=C(Nc1ccccc1C(F)(F)F)[C@H]1CC(=O)N(c2cccc3ccccc23)C1. The number of fused-ring (bicyclic) bond motifs is 1. The molecule has 3 aromatic carbocycles. The Hall–Kier alpha value is -3.35. The van der Waals surface area contributed by atoms with Crippen molar-refractivity contribution in [3.63, 3.8) is 0 Å². The van der Waals surface area contributed by atoms with Gasteiger partial charge in [0.2, 0.25) is 11.8 Å². The quantitative estimate of drug-likeness (QED) is 0.686. The van der Waals surface area contributed by atoms with Gasteiger partial charge in [-0.3, -0.25) is 9.59 Å². The molecule has 3 aromatic rings. The zero-order valence-electron chi connectivity index (χ0n) is 15.2. The van der Waals surface area contributed by atoms with Crippen molar-refractivity contribution in [1.82, 2.24) is 0 Å². The molecule has 148 valence electrons. The van der Waals surface area contributed by atoms with E-state index in [1.165, 1.54) is 23.1 Å². The Balaban J connectivity index is 1.57. The van der Waals surface area contributed by atoms with Crippen LogP contribution in [0.3, 0.4) is 0 Å². The number of benzene rings is 3. The van der Waals surface area contributed by atoms with Crippen molar-refractivity contribution in [2.24, 2.45) is 5.92 Å². The maximum Gasteiger partial charge on any atom is 0.418 e. The summed E-state index contributed by atoms with van der Waals surface area (Å²) < 4.78 is 39.5. The molecule has 0 bridgehead atoms. The third-order valence-electron chi connectivity index (χ3n) is 5.04. The highest BCUT2D eigenvalue weighted by Gasteiger charge is 2.38. The van der Waals surface area contributed by atoms with Gasteiger partial charge in [-0.25, -0.2) is 0 Å². The van der Waals surface area contributed by atoms with E-state index in [1.54, 1.807) is 6.07 Å². The minimum absolute atomic E-state index is 0.0523. The van der Waals surface area contributed by atoms with Crippen LogP contribution < -0.4 is 10.2 Å². The average Bonchev–Trinajstić information content (AvgIpc) is 3.09. The minimum atomic E-state index is -4.58. The summed E-state index contributed by atoms with van der Waals surface area (Å²) in [6, 6.07) is 18.0. The van der Waals surface area contributed by atoms with E-state index < -0.39 is 23.6 Å². The molecule has 4 rings (SSSR count). The third kappa shape index (κ3) is 3.68. The van der Waals surface area contributed by atoms with Crippen LogP contribution in [0.25, 0.3) is 10.8 Å². The van der Waals surface area contributed by atoms with Crippen LogP contribution in [0.2, 0.25) is 0 Å². The van der Waals surface area contributed by atoms with E-state index in [4.69, 9.17) is 0 Å². The standard InChI is InChI=1S/C22H17F3N2O2/c23-22(24,25)17-9-3-4-10-18(17)26-21(29)15-12-20(28)27(13-15)19-11-5-7-14-6-1-2-8-16(14)19/h1-11,15H,12-13H2,(H,26,29)/t15-/m0/s1. The average molecular weight is 398 g/mol. The van der Waals surface area contributed by atoms with Gasteiger partial charge in [-0.05, 0) is 23.6 Å². The molecular weight excluding hydrogens is 381 g/mol. The van der Waals surface area contributed by atoms with Gasteiger partial charge < -0.3 is 10.2 Å². The monoisotopic (exact) mass is 398 g/mol. The fourth-order valence-electron chi connectivity index (χ4n) is 3.63. The lowest BCUT2D eigenvalue weighted by molar-refractivity contribution is -0.137. The van der Waals surface area contributed by atoms with Gasteiger partial charge in [-0.2, -0.15) is 13.2 Å². The maximum absolute atomic E-state index is 13.2. The molecule has 1 N–H and O–H groups in total. The molecule has 1 aliphatic heterocycles. The van der Waals surface area contributed by atoms with Gasteiger partial charge in [0.15, 0.2) is 0 Å².